The van der Waals surface area contributed by atoms with Crippen molar-refractivity contribution in [1.29, 1.82) is 0 Å². The van der Waals surface area contributed by atoms with Crippen LogP contribution in [0.2, 0.25) is 5.02 Å². The van der Waals surface area contributed by atoms with E-state index in [0.717, 1.165) is 96.9 Å². The molecule has 3 aliphatic rings. The lowest BCUT2D eigenvalue weighted by Crippen LogP contribution is -2.44. The molecule has 2 N–H and O–H groups in total. The second-order valence-electron chi connectivity index (χ2n) is 15.0. The molecule has 0 spiro atoms. The van der Waals surface area contributed by atoms with Gasteiger partial charge in [0.2, 0.25) is 5.78 Å². The number of likely N-dealkylation sites (N-methyl/N-ethyl adjacent to an activating group) is 1. The summed E-state index contributed by atoms with van der Waals surface area (Å²) in [6, 6.07) is 11.8. The fraction of sp³-hybridized carbons (Fsp3) is 0.475. The van der Waals surface area contributed by atoms with Crippen molar-refractivity contribution in [2.75, 3.05) is 25.0 Å². The van der Waals surface area contributed by atoms with Gasteiger partial charge in [0.15, 0.2) is 11.6 Å². The first kappa shape index (κ1) is 36.1. The molecule has 0 bridgehead atoms. The van der Waals surface area contributed by atoms with Gasteiger partial charge in [-0.2, -0.15) is 0 Å². The highest BCUT2D eigenvalue weighted by molar-refractivity contribution is 6.34. The van der Waals surface area contributed by atoms with Crippen LogP contribution < -0.4 is 5.32 Å². The number of ketones is 1. The number of rotatable bonds is 9. The Balaban J connectivity index is 1.06. The van der Waals surface area contributed by atoms with Gasteiger partial charge in [0.25, 0.3) is 5.91 Å². The standard InChI is InChI=1S/C40H48ClN7O4/c1-6-47-19-15-32-30(22-47)42-36(45(32)4)34(49)21-25-9-7-11-28(35(25)41)27-10-8-12-29(24(27)2)44-38(50)37-43-31-23-48(20-16-33(31)46(37)5)26-13-17-40(3,18-14-26)39(51)52/h7-12,26H,6,13-23H2,1-5H3,(H,44,50)(H,51,52). The molecule has 52 heavy (non-hydrogen) atoms. The van der Waals surface area contributed by atoms with Crippen molar-refractivity contribution in [3.63, 3.8) is 0 Å². The first-order valence-corrected chi connectivity index (χ1v) is 18.8. The molecule has 1 saturated carbocycles. The minimum atomic E-state index is -0.709. The van der Waals surface area contributed by atoms with Gasteiger partial charge in [0.1, 0.15) is 0 Å². The van der Waals surface area contributed by atoms with E-state index in [0.29, 0.717) is 47.8 Å². The van der Waals surface area contributed by atoms with E-state index in [4.69, 9.17) is 21.6 Å². The predicted molar refractivity (Wildman–Crippen MR) is 201 cm³/mol. The Labute approximate surface area is 310 Å². The number of halogens is 1. The summed E-state index contributed by atoms with van der Waals surface area (Å²) in [5, 5.41) is 13.3. The van der Waals surface area contributed by atoms with Crippen molar-refractivity contribution < 1.29 is 19.5 Å². The normalized spacial score (nSPS) is 20.7. The molecule has 0 atom stereocenters. The number of benzene rings is 2. The van der Waals surface area contributed by atoms with Crippen LogP contribution in [0.25, 0.3) is 11.1 Å². The van der Waals surface area contributed by atoms with Crippen LogP contribution in [0.3, 0.4) is 0 Å². The summed E-state index contributed by atoms with van der Waals surface area (Å²) in [5.74, 6) is -0.248. The maximum absolute atomic E-state index is 13.7. The lowest BCUT2D eigenvalue weighted by molar-refractivity contribution is -0.150. The molecule has 0 saturated heterocycles. The van der Waals surface area contributed by atoms with Crippen LogP contribution in [0, 0.1) is 12.3 Å². The van der Waals surface area contributed by atoms with Crippen LogP contribution in [0.15, 0.2) is 36.4 Å². The number of imidazole rings is 2. The summed E-state index contributed by atoms with van der Waals surface area (Å²) < 4.78 is 3.85. The van der Waals surface area contributed by atoms with E-state index in [1.165, 1.54) is 0 Å². The van der Waals surface area contributed by atoms with E-state index in [1.807, 2.05) is 73.5 Å². The summed E-state index contributed by atoms with van der Waals surface area (Å²) in [4.78, 5) is 53.4. The van der Waals surface area contributed by atoms with Gasteiger partial charge < -0.3 is 19.6 Å². The lowest BCUT2D eigenvalue weighted by Gasteiger charge is -2.41. The number of carboxylic acids is 1. The van der Waals surface area contributed by atoms with Gasteiger partial charge in [-0.3, -0.25) is 24.2 Å². The van der Waals surface area contributed by atoms with Gasteiger partial charge in [-0.05, 0) is 68.8 Å². The minimum Gasteiger partial charge on any atom is -0.481 e. The highest BCUT2D eigenvalue weighted by atomic mass is 35.5. The number of Topliss-reactive ketones (excluding diaryl/α,β-unsaturated/α-hetero) is 1. The third-order valence-electron chi connectivity index (χ3n) is 11.9. The zero-order chi connectivity index (χ0) is 36.9. The second-order valence-corrected chi connectivity index (χ2v) is 15.4. The molecule has 2 aromatic heterocycles. The van der Waals surface area contributed by atoms with Crippen LogP contribution in [0.5, 0.6) is 0 Å². The Morgan fingerprint density at radius 2 is 1.56 bits per heavy atom. The van der Waals surface area contributed by atoms with Gasteiger partial charge in [0.05, 0.1) is 21.8 Å². The zero-order valence-corrected chi connectivity index (χ0v) is 31.5. The number of carbonyl (C=O) groups excluding carboxylic acids is 2. The monoisotopic (exact) mass is 725 g/mol. The molecule has 7 rings (SSSR count). The highest BCUT2D eigenvalue weighted by Gasteiger charge is 2.40. The van der Waals surface area contributed by atoms with Crippen LogP contribution in [-0.2, 0) is 51.2 Å². The molecule has 11 nitrogen and oxygen atoms in total. The number of fused-ring (bicyclic) bond motifs is 2. The van der Waals surface area contributed by atoms with Crippen LogP contribution in [0.1, 0.15) is 94.7 Å². The fourth-order valence-electron chi connectivity index (χ4n) is 8.40. The molecule has 2 aliphatic heterocycles. The highest BCUT2D eigenvalue weighted by Crippen LogP contribution is 2.39. The van der Waals surface area contributed by atoms with Crippen molar-refractivity contribution in [2.45, 2.75) is 84.8 Å². The van der Waals surface area contributed by atoms with Crippen molar-refractivity contribution in [1.82, 2.24) is 28.9 Å². The Morgan fingerprint density at radius 1 is 0.923 bits per heavy atom. The van der Waals surface area contributed by atoms with Crippen molar-refractivity contribution in [2.24, 2.45) is 19.5 Å². The van der Waals surface area contributed by atoms with Gasteiger partial charge in [-0.1, -0.05) is 48.9 Å². The van der Waals surface area contributed by atoms with Gasteiger partial charge in [-0.15, -0.1) is 0 Å². The predicted octanol–water partition coefficient (Wildman–Crippen LogP) is 6.23. The number of amides is 1. The summed E-state index contributed by atoms with van der Waals surface area (Å²) >= 11 is 7.04. The van der Waals surface area contributed by atoms with Crippen LogP contribution >= 0.6 is 11.6 Å². The molecule has 4 aromatic rings. The minimum absolute atomic E-state index is 0.0717. The molecule has 0 radical (unpaired) electrons. The first-order valence-electron chi connectivity index (χ1n) is 18.4. The number of carboxylic acid groups (broad SMARTS) is 1. The molecule has 1 amide bonds. The summed E-state index contributed by atoms with van der Waals surface area (Å²) in [6.07, 6.45) is 4.83. The summed E-state index contributed by atoms with van der Waals surface area (Å²) in [5.41, 5.74) is 7.32. The number of anilines is 1. The molecule has 0 unspecified atom stereocenters. The zero-order valence-electron chi connectivity index (χ0n) is 30.8. The molecule has 12 heteroatoms. The molecule has 274 valence electrons. The van der Waals surface area contributed by atoms with E-state index in [2.05, 4.69) is 22.0 Å². The van der Waals surface area contributed by atoms with Crippen LogP contribution in [-0.4, -0.2) is 77.3 Å². The summed E-state index contributed by atoms with van der Waals surface area (Å²) in [6.45, 7) is 10.1. The number of nitrogens with zero attached hydrogens (tertiary/aromatic N) is 6. The molecule has 1 fully saturated rings. The van der Waals surface area contributed by atoms with E-state index in [9.17, 15) is 19.5 Å². The Kier molecular flexibility index (Phi) is 9.88. The fourth-order valence-corrected chi connectivity index (χ4v) is 8.70. The third kappa shape index (κ3) is 6.58. The van der Waals surface area contributed by atoms with Gasteiger partial charge >= 0.3 is 5.97 Å². The van der Waals surface area contributed by atoms with E-state index < -0.39 is 11.4 Å². The number of aromatic nitrogens is 4. The molecular weight excluding hydrogens is 678 g/mol. The van der Waals surface area contributed by atoms with E-state index >= 15 is 0 Å². The quantitative estimate of drug-likeness (QED) is 0.195. The van der Waals surface area contributed by atoms with Crippen molar-refractivity contribution >= 4 is 34.9 Å². The Bertz CT molecular complexity index is 2060. The molecule has 2 aromatic carbocycles. The number of aliphatic carboxylic acids is 1. The van der Waals surface area contributed by atoms with Crippen molar-refractivity contribution in [3.8, 4) is 11.1 Å². The Hall–Kier alpha value is -4.32. The molecule has 1 aliphatic carbocycles. The first-order chi connectivity index (χ1) is 24.9. The maximum atomic E-state index is 13.7. The van der Waals surface area contributed by atoms with Crippen LogP contribution in [0.4, 0.5) is 5.69 Å². The number of hydrogen-bond acceptors (Lipinski definition) is 7. The average Bonchev–Trinajstić information content (AvgIpc) is 3.65. The SMILES string of the molecule is CCN1CCc2c(nc(C(=O)Cc3cccc(-c4cccc(NC(=O)c5nc6c(n5C)CCN(C5CCC(C)(C(=O)O)CC5)C6)c4C)c3Cl)n2C)C1. The van der Waals surface area contributed by atoms with Gasteiger partial charge in [-0.25, -0.2) is 9.97 Å². The van der Waals surface area contributed by atoms with E-state index in [1.54, 1.807) is 0 Å². The van der Waals surface area contributed by atoms with E-state index in [-0.39, 0.29) is 18.1 Å². The number of nitrogens with one attached hydrogen (secondary N) is 1. The third-order valence-corrected chi connectivity index (χ3v) is 12.4. The molecular formula is C40H48ClN7O4. The smallest absolute Gasteiger partial charge is 0.309 e. The topological polar surface area (TPSA) is 126 Å². The molecule has 4 heterocycles. The number of carbonyl (C=O) groups is 3. The maximum Gasteiger partial charge on any atom is 0.309 e. The Morgan fingerprint density at radius 3 is 2.27 bits per heavy atom. The van der Waals surface area contributed by atoms with Gasteiger partial charge in [0, 0.05) is 88.2 Å². The lowest BCUT2D eigenvalue weighted by atomic mass is 9.73. The largest absolute Gasteiger partial charge is 0.481 e. The number of hydrogen-bond donors (Lipinski definition) is 2. The average molecular weight is 726 g/mol. The summed E-state index contributed by atoms with van der Waals surface area (Å²) in [7, 11) is 3.82. The van der Waals surface area contributed by atoms with Crippen molar-refractivity contribution in [3.05, 3.63) is 87.0 Å². The second kappa shape index (κ2) is 14.2.